The highest BCUT2D eigenvalue weighted by Gasteiger charge is 2.08. The van der Waals surface area contributed by atoms with E-state index < -0.39 is 0 Å². The standard InChI is InChI=1S/C13H22N4O.BrH/c1-4-7-16-8-9-17(12-16)11-14-13(18)10-15(5-2)6-3;/h4,8-9,12H,1,5-7,10-11H2,2-3H3;1H. The first-order valence-corrected chi connectivity index (χ1v) is 6.34. The Bertz CT molecular complexity index is 388. The minimum absolute atomic E-state index is 0. The Balaban J connectivity index is 0.00000324. The van der Waals surface area contributed by atoms with E-state index in [-0.39, 0.29) is 22.9 Å². The van der Waals surface area contributed by atoms with Crippen LogP contribution in [0.4, 0.5) is 0 Å². The summed E-state index contributed by atoms with van der Waals surface area (Å²) in [5, 5.41) is 2.90. The molecule has 19 heavy (non-hydrogen) atoms. The van der Waals surface area contributed by atoms with Crippen molar-refractivity contribution >= 4 is 5.91 Å². The number of aromatic nitrogens is 2. The Morgan fingerprint density at radius 3 is 2.74 bits per heavy atom. The molecule has 0 spiro atoms. The van der Waals surface area contributed by atoms with Crippen LogP contribution < -0.4 is 26.9 Å². The van der Waals surface area contributed by atoms with Gasteiger partial charge in [0, 0.05) is 0 Å². The molecule has 0 aliphatic carbocycles. The molecule has 1 rings (SSSR count). The minimum Gasteiger partial charge on any atom is -1.00 e. The summed E-state index contributed by atoms with van der Waals surface area (Å²) in [6.45, 7) is 11.3. The fourth-order valence-electron chi connectivity index (χ4n) is 1.68. The average Bonchev–Trinajstić information content (AvgIpc) is 2.82. The van der Waals surface area contributed by atoms with Gasteiger partial charge in [-0.3, -0.25) is 9.69 Å². The van der Waals surface area contributed by atoms with Crippen LogP contribution in [-0.4, -0.2) is 35.0 Å². The van der Waals surface area contributed by atoms with Gasteiger partial charge in [-0.25, -0.2) is 9.13 Å². The average molecular weight is 331 g/mol. The third-order valence-electron chi connectivity index (χ3n) is 2.81. The second kappa shape index (κ2) is 9.75. The molecule has 1 N–H and O–H groups in total. The van der Waals surface area contributed by atoms with Crippen molar-refractivity contribution in [3.05, 3.63) is 31.4 Å². The van der Waals surface area contributed by atoms with Crippen molar-refractivity contribution in [2.45, 2.75) is 27.1 Å². The lowest BCUT2D eigenvalue weighted by molar-refractivity contribution is -0.699. The summed E-state index contributed by atoms with van der Waals surface area (Å²) < 4.78 is 3.94. The Labute approximate surface area is 125 Å². The maximum atomic E-state index is 11.7. The van der Waals surface area contributed by atoms with Crippen LogP contribution in [0.3, 0.4) is 0 Å². The summed E-state index contributed by atoms with van der Waals surface area (Å²) in [5.41, 5.74) is 0. The lowest BCUT2D eigenvalue weighted by Gasteiger charge is -2.16. The van der Waals surface area contributed by atoms with Gasteiger partial charge >= 0.3 is 0 Å². The van der Waals surface area contributed by atoms with Crippen molar-refractivity contribution in [3.63, 3.8) is 0 Å². The number of hydrogen-bond donors (Lipinski definition) is 1. The molecule has 1 aromatic rings. The summed E-state index contributed by atoms with van der Waals surface area (Å²) in [7, 11) is 0. The summed E-state index contributed by atoms with van der Waals surface area (Å²) >= 11 is 0. The first-order valence-electron chi connectivity index (χ1n) is 6.34. The van der Waals surface area contributed by atoms with Crippen LogP contribution in [0.15, 0.2) is 31.4 Å². The Kier molecular flexibility index (Phi) is 9.16. The third kappa shape index (κ3) is 6.54. The van der Waals surface area contributed by atoms with Crippen LogP contribution in [0, 0.1) is 0 Å². The van der Waals surface area contributed by atoms with Gasteiger partial charge in [-0.05, 0) is 13.1 Å². The molecule has 0 fully saturated rings. The molecular formula is C13H23BrN4O. The number of nitrogens with zero attached hydrogens (tertiary/aromatic N) is 3. The first-order chi connectivity index (χ1) is 8.69. The molecule has 108 valence electrons. The summed E-state index contributed by atoms with van der Waals surface area (Å²) in [6.07, 6.45) is 7.67. The zero-order valence-electron chi connectivity index (χ0n) is 11.7. The van der Waals surface area contributed by atoms with E-state index in [1.807, 2.05) is 33.9 Å². The SMILES string of the molecule is C=CCn1cc[n+](CNC(=O)CN(CC)CC)c1.[Br-]. The predicted molar refractivity (Wildman–Crippen MR) is 70.8 cm³/mol. The van der Waals surface area contributed by atoms with E-state index >= 15 is 0 Å². The van der Waals surface area contributed by atoms with Gasteiger partial charge in [0.15, 0.2) is 6.67 Å². The van der Waals surface area contributed by atoms with Gasteiger partial charge in [0.25, 0.3) is 0 Å². The van der Waals surface area contributed by atoms with E-state index in [0.29, 0.717) is 13.2 Å². The van der Waals surface area contributed by atoms with Crippen molar-refractivity contribution < 1.29 is 26.3 Å². The quantitative estimate of drug-likeness (QED) is 0.419. The van der Waals surface area contributed by atoms with E-state index in [9.17, 15) is 4.79 Å². The second-order valence-electron chi connectivity index (χ2n) is 4.13. The van der Waals surface area contributed by atoms with Crippen LogP contribution in [0.5, 0.6) is 0 Å². The van der Waals surface area contributed by atoms with E-state index in [4.69, 9.17) is 0 Å². The lowest BCUT2D eigenvalue weighted by atomic mass is 10.4. The maximum absolute atomic E-state index is 11.7. The molecule has 0 aromatic carbocycles. The number of carbonyl (C=O) groups excluding carboxylic acids is 1. The van der Waals surface area contributed by atoms with Gasteiger partial charge in [0.2, 0.25) is 12.2 Å². The van der Waals surface area contributed by atoms with Gasteiger partial charge in [-0.1, -0.05) is 26.5 Å². The predicted octanol–water partition coefficient (Wildman–Crippen LogP) is -2.62. The maximum Gasteiger partial charge on any atom is 0.245 e. The molecule has 1 aromatic heterocycles. The van der Waals surface area contributed by atoms with Crippen LogP contribution in [-0.2, 0) is 18.0 Å². The number of likely N-dealkylation sites (N-methyl/N-ethyl adjacent to an activating group) is 1. The number of hydrogen-bond acceptors (Lipinski definition) is 2. The fourth-order valence-corrected chi connectivity index (χ4v) is 1.68. The molecule has 5 nitrogen and oxygen atoms in total. The number of imidazole rings is 1. The molecule has 0 bridgehead atoms. The van der Waals surface area contributed by atoms with E-state index in [1.165, 1.54) is 0 Å². The highest BCUT2D eigenvalue weighted by atomic mass is 79.9. The normalized spacial score (nSPS) is 10.1. The molecule has 0 atom stereocenters. The molecule has 0 aliphatic heterocycles. The molecule has 0 aliphatic rings. The molecule has 6 heteroatoms. The van der Waals surface area contributed by atoms with Crippen molar-refractivity contribution in [1.82, 2.24) is 14.8 Å². The van der Waals surface area contributed by atoms with Crippen molar-refractivity contribution in [3.8, 4) is 0 Å². The van der Waals surface area contributed by atoms with E-state index in [2.05, 4.69) is 30.6 Å². The Morgan fingerprint density at radius 2 is 2.16 bits per heavy atom. The molecule has 0 radical (unpaired) electrons. The molecule has 1 amide bonds. The molecular weight excluding hydrogens is 308 g/mol. The first kappa shape index (κ1) is 17.9. The zero-order chi connectivity index (χ0) is 13.4. The Hall–Kier alpha value is -1.14. The highest BCUT2D eigenvalue weighted by molar-refractivity contribution is 5.77. The Morgan fingerprint density at radius 1 is 1.47 bits per heavy atom. The van der Waals surface area contributed by atoms with Gasteiger partial charge in [-0.2, -0.15) is 0 Å². The highest BCUT2D eigenvalue weighted by Crippen LogP contribution is 1.86. The summed E-state index contributed by atoms with van der Waals surface area (Å²) in [5.74, 6) is 0.0580. The number of allylic oxidation sites excluding steroid dienone is 1. The van der Waals surface area contributed by atoms with E-state index in [0.717, 1.165) is 19.6 Å². The lowest BCUT2D eigenvalue weighted by Crippen LogP contribution is -3.00. The van der Waals surface area contributed by atoms with Crippen LogP contribution >= 0.6 is 0 Å². The van der Waals surface area contributed by atoms with Gasteiger partial charge in [0.1, 0.15) is 18.9 Å². The minimum atomic E-state index is 0. The molecule has 0 saturated carbocycles. The van der Waals surface area contributed by atoms with Crippen LogP contribution in [0.25, 0.3) is 0 Å². The van der Waals surface area contributed by atoms with Crippen LogP contribution in [0.1, 0.15) is 13.8 Å². The molecule has 0 unspecified atom stereocenters. The van der Waals surface area contributed by atoms with Crippen molar-refractivity contribution in [1.29, 1.82) is 0 Å². The van der Waals surface area contributed by atoms with Crippen molar-refractivity contribution in [2.75, 3.05) is 19.6 Å². The topological polar surface area (TPSA) is 41.1 Å². The smallest absolute Gasteiger partial charge is 0.245 e. The largest absolute Gasteiger partial charge is 1.00 e. The monoisotopic (exact) mass is 330 g/mol. The van der Waals surface area contributed by atoms with E-state index in [1.54, 1.807) is 0 Å². The summed E-state index contributed by atoms with van der Waals surface area (Å²) in [6, 6.07) is 0. The second-order valence-corrected chi connectivity index (χ2v) is 4.13. The fraction of sp³-hybridized carbons (Fsp3) is 0.538. The van der Waals surface area contributed by atoms with Crippen molar-refractivity contribution in [2.24, 2.45) is 0 Å². The van der Waals surface area contributed by atoms with Crippen LogP contribution in [0.2, 0.25) is 0 Å². The third-order valence-corrected chi connectivity index (χ3v) is 2.81. The zero-order valence-corrected chi connectivity index (χ0v) is 13.3. The number of nitrogens with one attached hydrogen (secondary N) is 1. The molecule has 1 heterocycles. The van der Waals surface area contributed by atoms with Gasteiger partial charge in [0.05, 0.1) is 6.54 Å². The number of rotatable bonds is 8. The van der Waals surface area contributed by atoms with Gasteiger partial charge < -0.3 is 22.3 Å². The van der Waals surface area contributed by atoms with Gasteiger partial charge in [-0.15, -0.1) is 0 Å². The number of halogens is 1. The number of carbonyl (C=O) groups is 1. The number of amides is 1. The summed E-state index contributed by atoms with van der Waals surface area (Å²) in [4.78, 5) is 13.8. The molecule has 0 saturated heterocycles.